The zero-order chi connectivity index (χ0) is 25.5. The van der Waals surface area contributed by atoms with Crippen LogP contribution in [0.3, 0.4) is 0 Å². The number of hydrogen-bond acceptors (Lipinski definition) is 9. The Morgan fingerprint density at radius 2 is 2.00 bits per heavy atom. The number of methoxy groups -OCH3 is 2. The van der Waals surface area contributed by atoms with Crippen LogP contribution in [0.5, 0.6) is 5.75 Å². The van der Waals surface area contributed by atoms with Crippen molar-refractivity contribution in [1.82, 2.24) is 4.90 Å². The molecular weight excluding hydrogens is 472 g/mol. The van der Waals surface area contributed by atoms with Crippen LogP contribution in [0.25, 0.3) is 0 Å². The summed E-state index contributed by atoms with van der Waals surface area (Å²) in [5.74, 6) is -0.113. The molecule has 35 heavy (non-hydrogen) atoms. The van der Waals surface area contributed by atoms with E-state index in [9.17, 15) is 14.4 Å². The van der Waals surface area contributed by atoms with Gasteiger partial charge in [-0.25, -0.2) is 4.79 Å². The van der Waals surface area contributed by atoms with Crippen LogP contribution in [-0.4, -0.2) is 82.1 Å². The number of ether oxygens (including phenoxy) is 4. The number of carbonyl (C=O) groups excluding carboxylic acids is 3. The Hall–Kier alpha value is -2.98. The maximum absolute atomic E-state index is 13.8. The standard InChI is InChI=1S/C25H32N2O7S/c1-16(28)34-23-24(17-6-8-18(31-4)9-7-17)35-21-14-19(33-15-22(29)32-5)10-11-20(21)27(25(23)30)13-12-26(2)3/h6,8-11,14,17,23-24H,7,12-13,15H2,1-5H3. The van der Waals surface area contributed by atoms with Gasteiger partial charge in [-0.15, -0.1) is 11.8 Å². The fourth-order valence-electron chi connectivity index (χ4n) is 3.88. The number of nitrogens with zero attached hydrogens (tertiary/aromatic N) is 2. The summed E-state index contributed by atoms with van der Waals surface area (Å²) in [6.45, 7) is 2.13. The largest absolute Gasteiger partial charge is 0.497 e. The van der Waals surface area contributed by atoms with Crippen LogP contribution in [0.15, 0.2) is 47.1 Å². The van der Waals surface area contributed by atoms with E-state index in [1.54, 1.807) is 24.1 Å². The lowest BCUT2D eigenvalue weighted by Gasteiger charge is -2.31. The van der Waals surface area contributed by atoms with Crippen LogP contribution >= 0.6 is 11.8 Å². The summed E-state index contributed by atoms with van der Waals surface area (Å²) >= 11 is 1.47. The summed E-state index contributed by atoms with van der Waals surface area (Å²) in [4.78, 5) is 41.9. The van der Waals surface area contributed by atoms with E-state index in [2.05, 4.69) is 4.74 Å². The van der Waals surface area contributed by atoms with Crippen molar-refractivity contribution in [3.63, 3.8) is 0 Å². The number of rotatable bonds is 9. The topological polar surface area (TPSA) is 94.6 Å². The third kappa shape index (κ3) is 6.79. The van der Waals surface area contributed by atoms with Crippen molar-refractivity contribution in [2.24, 2.45) is 5.92 Å². The average Bonchev–Trinajstić information content (AvgIpc) is 2.95. The van der Waals surface area contributed by atoms with Gasteiger partial charge in [0.1, 0.15) is 11.5 Å². The van der Waals surface area contributed by atoms with Gasteiger partial charge < -0.3 is 28.7 Å². The molecule has 0 saturated heterocycles. The van der Waals surface area contributed by atoms with E-state index < -0.39 is 18.0 Å². The first-order valence-electron chi connectivity index (χ1n) is 11.3. The Labute approximate surface area is 210 Å². The quantitative estimate of drug-likeness (QED) is 0.471. The van der Waals surface area contributed by atoms with Gasteiger partial charge in [-0.3, -0.25) is 9.59 Å². The monoisotopic (exact) mass is 504 g/mol. The van der Waals surface area contributed by atoms with Crippen molar-refractivity contribution >= 4 is 35.3 Å². The fourth-order valence-corrected chi connectivity index (χ4v) is 5.32. The predicted octanol–water partition coefficient (Wildman–Crippen LogP) is 2.65. The van der Waals surface area contributed by atoms with E-state index in [0.717, 1.165) is 10.7 Å². The van der Waals surface area contributed by atoms with Gasteiger partial charge in [0, 0.05) is 24.9 Å². The van der Waals surface area contributed by atoms with E-state index in [0.29, 0.717) is 30.9 Å². The van der Waals surface area contributed by atoms with Crippen LogP contribution in [0.4, 0.5) is 5.69 Å². The highest BCUT2D eigenvalue weighted by atomic mass is 32.2. The molecule has 9 nitrogen and oxygen atoms in total. The average molecular weight is 505 g/mol. The Kier molecular flexibility index (Phi) is 9.22. The zero-order valence-electron chi connectivity index (χ0n) is 20.7. The van der Waals surface area contributed by atoms with Gasteiger partial charge in [-0.05, 0) is 56.8 Å². The lowest BCUT2D eigenvalue weighted by atomic mass is 9.92. The summed E-state index contributed by atoms with van der Waals surface area (Å²) < 4.78 is 21.2. The second-order valence-corrected chi connectivity index (χ2v) is 9.69. The minimum Gasteiger partial charge on any atom is -0.497 e. The number of allylic oxidation sites excluding steroid dienone is 3. The van der Waals surface area contributed by atoms with Crippen molar-refractivity contribution in [2.75, 3.05) is 52.9 Å². The molecule has 1 amide bonds. The highest BCUT2D eigenvalue weighted by Crippen LogP contribution is 2.45. The van der Waals surface area contributed by atoms with Crippen LogP contribution in [0.2, 0.25) is 0 Å². The van der Waals surface area contributed by atoms with Crippen molar-refractivity contribution in [3.05, 3.63) is 42.2 Å². The highest BCUT2D eigenvalue weighted by Gasteiger charge is 2.43. The first-order chi connectivity index (χ1) is 16.7. The summed E-state index contributed by atoms with van der Waals surface area (Å²) in [5, 5.41) is -0.378. The number of fused-ring (bicyclic) bond motifs is 1. The third-order valence-corrected chi connectivity index (χ3v) is 7.15. The molecule has 1 aromatic rings. The molecule has 1 heterocycles. The number of carbonyl (C=O) groups is 3. The molecule has 2 aliphatic rings. The minimum absolute atomic E-state index is 0.0755. The maximum Gasteiger partial charge on any atom is 0.343 e. The predicted molar refractivity (Wildman–Crippen MR) is 132 cm³/mol. The molecule has 0 aromatic heterocycles. The van der Waals surface area contributed by atoms with Crippen molar-refractivity contribution < 1.29 is 33.3 Å². The van der Waals surface area contributed by atoms with E-state index in [-0.39, 0.29) is 23.7 Å². The van der Waals surface area contributed by atoms with E-state index >= 15 is 0 Å². The minimum atomic E-state index is -0.973. The normalized spacial score (nSPS) is 21.7. The first-order valence-corrected chi connectivity index (χ1v) is 12.2. The molecular formula is C25H32N2O7S. The zero-order valence-corrected chi connectivity index (χ0v) is 21.5. The fraction of sp³-hybridized carbons (Fsp3) is 0.480. The number of anilines is 1. The summed E-state index contributed by atoms with van der Waals surface area (Å²) in [6, 6.07) is 5.33. The van der Waals surface area contributed by atoms with Crippen LogP contribution < -0.4 is 9.64 Å². The Morgan fingerprint density at radius 3 is 2.60 bits per heavy atom. The third-order valence-electron chi connectivity index (χ3n) is 5.70. The molecule has 1 aliphatic heterocycles. The first kappa shape index (κ1) is 26.6. The molecule has 10 heteroatoms. The highest BCUT2D eigenvalue weighted by molar-refractivity contribution is 8.00. The van der Waals surface area contributed by atoms with Gasteiger partial charge in [0.2, 0.25) is 0 Å². The van der Waals surface area contributed by atoms with Gasteiger partial charge in [0.15, 0.2) is 12.7 Å². The van der Waals surface area contributed by atoms with Crippen LogP contribution in [-0.2, 0) is 28.6 Å². The molecule has 1 aliphatic carbocycles. The summed E-state index contributed by atoms with van der Waals surface area (Å²) in [5.41, 5.74) is 0.708. The number of benzene rings is 1. The van der Waals surface area contributed by atoms with Gasteiger partial charge in [0.25, 0.3) is 5.91 Å². The van der Waals surface area contributed by atoms with Crippen molar-refractivity contribution in [1.29, 1.82) is 0 Å². The Bertz CT molecular complexity index is 1010. The Morgan fingerprint density at radius 1 is 1.23 bits per heavy atom. The van der Waals surface area contributed by atoms with E-state index in [1.165, 1.54) is 25.8 Å². The van der Waals surface area contributed by atoms with E-state index in [1.807, 2.05) is 43.3 Å². The maximum atomic E-state index is 13.8. The molecule has 3 unspecified atom stereocenters. The number of hydrogen-bond donors (Lipinski definition) is 0. The van der Waals surface area contributed by atoms with Crippen LogP contribution in [0.1, 0.15) is 13.3 Å². The van der Waals surface area contributed by atoms with Crippen molar-refractivity contribution in [2.45, 2.75) is 29.6 Å². The second-order valence-electron chi connectivity index (χ2n) is 8.47. The molecule has 0 saturated carbocycles. The van der Waals surface area contributed by atoms with E-state index in [4.69, 9.17) is 14.2 Å². The smallest absolute Gasteiger partial charge is 0.343 e. The molecule has 0 spiro atoms. The number of likely N-dealkylation sites (N-methyl/N-ethyl adjacent to an activating group) is 1. The van der Waals surface area contributed by atoms with Gasteiger partial charge in [0.05, 0.1) is 25.2 Å². The summed E-state index contributed by atoms with van der Waals surface area (Å²) in [7, 11) is 6.77. The van der Waals surface area contributed by atoms with Crippen LogP contribution in [0, 0.1) is 5.92 Å². The molecule has 1 aromatic carbocycles. The van der Waals surface area contributed by atoms with Gasteiger partial charge >= 0.3 is 11.9 Å². The lowest BCUT2D eigenvalue weighted by molar-refractivity contribution is -0.153. The molecule has 3 atom stereocenters. The number of amides is 1. The second kappa shape index (κ2) is 12.1. The Balaban J connectivity index is 2.02. The van der Waals surface area contributed by atoms with Crippen molar-refractivity contribution in [3.8, 4) is 5.75 Å². The van der Waals surface area contributed by atoms with Gasteiger partial charge in [-0.2, -0.15) is 0 Å². The molecule has 3 rings (SSSR count). The van der Waals surface area contributed by atoms with Gasteiger partial charge in [-0.1, -0.05) is 6.08 Å². The SMILES string of the molecule is COC(=O)COc1ccc2c(c1)SC(C1C=CC(OC)=CC1)C(OC(C)=O)C(=O)N2CCN(C)C. The number of esters is 2. The molecule has 0 fully saturated rings. The molecule has 0 bridgehead atoms. The lowest BCUT2D eigenvalue weighted by Crippen LogP contribution is -2.48. The molecule has 0 N–H and O–H groups in total. The molecule has 190 valence electrons. The molecule has 0 radical (unpaired) electrons. The summed E-state index contributed by atoms with van der Waals surface area (Å²) in [6.07, 6.45) is 5.49. The number of thioether (sulfide) groups is 1.